The highest BCUT2D eigenvalue weighted by Crippen LogP contribution is 2.26. The highest BCUT2D eigenvalue weighted by Gasteiger charge is 2.21. The second-order valence-electron chi connectivity index (χ2n) is 6.91. The molecule has 0 saturated heterocycles. The smallest absolute Gasteiger partial charge is 0.153 e. The van der Waals surface area contributed by atoms with E-state index in [1.165, 1.54) is 16.8 Å². The number of hydrogen-bond acceptors (Lipinski definition) is 2. The summed E-state index contributed by atoms with van der Waals surface area (Å²) in [5, 5.41) is 4.73. The van der Waals surface area contributed by atoms with Crippen LogP contribution in [0, 0.1) is 12.3 Å². The van der Waals surface area contributed by atoms with Gasteiger partial charge in [-0.15, -0.1) is 0 Å². The molecule has 0 N–H and O–H groups in total. The highest BCUT2D eigenvalue weighted by atomic mass is 15.3. The predicted octanol–water partition coefficient (Wildman–Crippen LogP) is 4.70. The summed E-state index contributed by atoms with van der Waals surface area (Å²) in [6, 6.07) is 0. The van der Waals surface area contributed by atoms with Crippen LogP contribution in [-0.4, -0.2) is 15.6 Å². The summed E-state index contributed by atoms with van der Waals surface area (Å²) in [6.07, 6.45) is 5.60. The number of aliphatic imine (C=N–C) groups is 1. The van der Waals surface area contributed by atoms with Gasteiger partial charge in [-0.1, -0.05) is 39.8 Å². The van der Waals surface area contributed by atoms with Crippen molar-refractivity contribution in [2.24, 2.45) is 10.4 Å². The van der Waals surface area contributed by atoms with Crippen LogP contribution in [0.5, 0.6) is 0 Å². The molecule has 0 aromatic carbocycles. The molecule has 0 saturated carbocycles. The van der Waals surface area contributed by atoms with E-state index >= 15 is 0 Å². The van der Waals surface area contributed by atoms with Crippen molar-refractivity contribution >= 4 is 5.84 Å². The van der Waals surface area contributed by atoms with Crippen LogP contribution in [0.4, 0.5) is 0 Å². The zero-order valence-corrected chi connectivity index (χ0v) is 14.6. The largest absolute Gasteiger partial charge is 0.238 e. The third-order valence-electron chi connectivity index (χ3n) is 3.19. The van der Waals surface area contributed by atoms with E-state index in [-0.39, 0.29) is 5.41 Å². The van der Waals surface area contributed by atoms with Crippen LogP contribution in [0.2, 0.25) is 0 Å². The van der Waals surface area contributed by atoms with E-state index in [0.717, 1.165) is 24.4 Å². The second kappa shape index (κ2) is 6.88. The first-order valence-electron chi connectivity index (χ1n) is 7.61. The molecule has 0 atom stereocenters. The first kappa shape index (κ1) is 17.4. The van der Waals surface area contributed by atoms with Gasteiger partial charge in [0.2, 0.25) is 0 Å². The molecule has 0 aliphatic rings. The Hall–Kier alpha value is -1.64. The van der Waals surface area contributed by atoms with E-state index in [2.05, 4.69) is 60.0 Å². The van der Waals surface area contributed by atoms with Gasteiger partial charge in [-0.25, -0.2) is 9.67 Å². The lowest BCUT2D eigenvalue weighted by atomic mass is 9.87. The quantitative estimate of drug-likeness (QED) is 0.583. The highest BCUT2D eigenvalue weighted by molar-refractivity contribution is 5.95. The summed E-state index contributed by atoms with van der Waals surface area (Å²) in [5.74, 6) is 0.838. The van der Waals surface area contributed by atoms with Crippen molar-refractivity contribution in [3.05, 3.63) is 41.4 Å². The molecule has 3 nitrogen and oxygen atoms in total. The number of hydrogen-bond donors (Lipinski definition) is 0. The van der Waals surface area contributed by atoms with Crippen LogP contribution in [0.15, 0.2) is 29.4 Å². The van der Waals surface area contributed by atoms with E-state index in [0.29, 0.717) is 0 Å². The molecule has 0 aliphatic heterocycles. The minimum Gasteiger partial charge on any atom is -0.238 e. The first-order chi connectivity index (χ1) is 9.69. The zero-order chi connectivity index (χ0) is 16.2. The van der Waals surface area contributed by atoms with Crippen LogP contribution >= 0.6 is 0 Å². The summed E-state index contributed by atoms with van der Waals surface area (Å²) < 4.78 is 1.98. The van der Waals surface area contributed by atoms with Crippen LogP contribution in [-0.2, 0) is 12.8 Å². The van der Waals surface area contributed by atoms with Gasteiger partial charge in [-0.2, -0.15) is 5.10 Å². The molecule has 0 amide bonds. The molecule has 116 valence electrons. The van der Waals surface area contributed by atoms with Crippen molar-refractivity contribution in [2.75, 3.05) is 0 Å². The molecule has 1 rings (SSSR count). The average Bonchev–Trinajstić information content (AvgIpc) is 2.63. The lowest BCUT2D eigenvalue weighted by Crippen LogP contribution is -2.16. The standard InChI is InChI=1S/C18H29N3/c1-9-16-15(12-18(6,7)8)14(5)20-21(16)17(19-10-2)11-13(3)4/h10-11H,2,9,12H2,1,3-8H3. The number of aromatic nitrogens is 2. The topological polar surface area (TPSA) is 30.2 Å². The molecule has 0 spiro atoms. The Balaban J connectivity index is 3.44. The van der Waals surface area contributed by atoms with E-state index in [1.54, 1.807) is 6.20 Å². The SMILES string of the molecule is C=CN=C(C=C(C)C)n1nc(C)c(CC(C)(C)C)c1CC. The second-order valence-corrected chi connectivity index (χ2v) is 6.91. The van der Waals surface area contributed by atoms with Gasteiger partial charge in [0.15, 0.2) is 5.84 Å². The summed E-state index contributed by atoms with van der Waals surface area (Å²) >= 11 is 0. The fourth-order valence-corrected chi connectivity index (χ4v) is 2.43. The van der Waals surface area contributed by atoms with Crippen molar-refractivity contribution in [2.45, 2.75) is 61.3 Å². The van der Waals surface area contributed by atoms with Crippen molar-refractivity contribution < 1.29 is 0 Å². The summed E-state index contributed by atoms with van der Waals surface area (Å²) in [4.78, 5) is 4.40. The van der Waals surface area contributed by atoms with Crippen LogP contribution in [0.25, 0.3) is 0 Å². The number of rotatable bonds is 4. The Bertz CT molecular complexity index is 562. The monoisotopic (exact) mass is 287 g/mol. The molecule has 21 heavy (non-hydrogen) atoms. The molecule has 3 heteroatoms. The fraction of sp³-hybridized carbons (Fsp3) is 0.556. The summed E-state index contributed by atoms with van der Waals surface area (Å²) in [6.45, 7) is 18.9. The van der Waals surface area contributed by atoms with Crippen molar-refractivity contribution in [3.63, 3.8) is 0 Å². The molecular weight excluding hydrogens is 258 g/mol. The number of allylic oxidation sites excluding steroid dienone is 2. The molecule has 0 aliphatic carbocycles. The van der Waals surface area contributed by atoms with Gasteiger partial charge in [0.1, 0.15) is 0 Å². The Morgan fingerprint density at radius 2 is 1.95 bits per heavy atom. The van der Waals surface area contributed by atoms with Gasteiger partial charge in [0.25, 0.3) is 0 Å². The minimum absolute atomic E-state index is 0.245. The number of aryl methyl sites for hydroxylation is 1. The van der Waals surface area contributed by atoms with Crippen LogP contribution in [0.3, 0.4) is 0 Å². The van der Waals surface area contributed by atoms with E-state index < -0.39 is 0 Å². The fourth-order valence-electron chi connectivity index (χ4n) is 2.43. The Kier molecular flexibility index (Phi) is 5.70. The van der Waals surface area contributed by atoms with E-state index in [4.69, 9.17) is 5.10 Å². The van der Waals surface area contributed by atoms with Gasteiger partial charge >= 0.3 is 0 Å². The normalized spacial score (nSPS) is 12.4. The molecule has 0 unspecified atom stereocenters. The summed E-state index contributed by atoms with van der Waals surface area (Å²) in [7, 11) is 0. The van der Waals surface area contributed by atoms with Crippen molar-refractivity contribution in [1.29, 1.82) is 0 Å². The Morgan fingerprint density at radius 3 is 2.38 bits per heavy atom. The van der Waals surface area contributed by atoms with E-state index in [9.17, 15) is 0 Å². The minimum atomic E-state index is 0.245. The predicted molar refractivity (Wildman–Crippen MR) is 92.0 cm³/mol. The molecule has 1 aromatic rings. The average molecular weight is 287 g/mol. The zero-order valence-electron chi connectivity index (χ0n) is 14.6. The molecule has 0 bridgehead atoms. The lowest BCUT2D eigenvalue weighted by Gasteiger charge is -2.19. The third-order valence-corrected chi connectivity index (χ3v) is 3.19. The van der Waals surface area contributed by atoms with Gasteiger partial charge < -0.3 is 0 Å². The van der Waals surface area contributed by atoms with Crippen molar-refractivity contribution in [1.82, 2.24) is 9.78 Å². The summed E-state index contributed by atoms with van der Waals surface area (Å²) in [5.41, 5.74) is 5.14. The third kappa shape index (κ3) is 4.69. The maximum absolute atomic E-state index is 4.73. The van der Waals surface area contributed by atoms with E-state index in [1.807, 2.05) is 10.8 Å². The van der Waals surface area contributed by atoms with Gasteiger partial charge in [-0.05, 0) is 50.7 Å². The maximum atomic E-state index is 4.73. The lowest BCUT2D eigenvalue weighted by molar-refractivity contribution is 0.409. The van der Waals surface area contributed by atoms with Gasteiger partial charge in [0.05, 0.1) is 5.69 Å². The Labute approximate surface area is 129 Å². The van der Waals surface area contributed by atoms with Crippen LogP contribution < -0.4 is 0 Å². The van der Waals surface area contributed by atoms with Crippen LogP contribution in [0.1, 0.15) is 58.5 Å². The molecule has 1 aromatic heterocycles. The first-order valence-corrected chi connectivity index (χ1v) is 7.61. The Morgan fingerprint density at radius 1 is 1.33 bits per heavy atom. The van der Waals surface area contributed by atoms with Gasteiger partial charge in [-0.3, -0.25) is 0 Å². The molecular formula is C18H29N3. The molecule has 0 radical (unpaired) electrons. The van der Waals surface area contributed by atoms with Crippen molar-refractivity contribution in [3.8, 4) is 0 Å². The molecule has 1 heterocycles. The molecule has 0 fully saturated rings. The number of nitrogens with zero attached hydrogens (tertiary/aromatic N) is 3. The van der Waals surface area contributed by atoms with Gasteiger partial charge in [0, 0.05) is 11.9 Å². The maximum Gasteiger partial charge on any atom is 0.153 e.